The number of nitrogens with zero attached hydrogens (tertiary/aromatic N) is 6. The van der Waals surface area contributed by atoms with E-state index in [-0.39, 0.29) is 0 Å². The van der Waals surface area contributed by atoms with Gasteiger partial charge in [-0.3, -0.25) is 14.9 Å². The van der Waals surface area contributed by atoms with Crippen LogP contribution in [0, 0.1) is 0 Å². The molecule has 0 spiro atoms. The number of H-pyrrole nitrogens is 2. The molecule has 28 heavy (non-hydrogen) atoms. The SMILES string of the molecule is COCCn1cc(Nc2nc(-c3ccc4cn[nH]c4c3)nc3cn[nH]c23)cn1. The third-order valence-corrected chi connectivity index (χ3v) is 4.42. The molecule has 0 fully saturated rings. The molecule has 10 nitrogen and oxygen atoms in total. The molecule has 140 valence electrons. The highest BCUT2D eigenvalue weighted by molar-refractivity contribution is 5.89. The maximum Gasteiger partial charge on any atom is 0.162 e. The number of methoxy groups -OCH3 is 1. The van der Waals surface area contributed by atoms with Gasteiger partial charge in [-0.15, -0.1) is 0 Å². The van der Waals surface area contributed by atoms with Gasteiger partial charge in [0.25, 0.3) is 0 Å². The number of aromatic nitrogens is 8. The van der Waals surface area contributed by atoms with Crippen molar-refractivity contribution in [3.8, 4) is 11.4 Å². The zero-order valence-electron chi connectivity index (χ0n) is 15.0. The van der Waals surface area contributed by atoms with Crippen molar-refractivity contribution >= 4 is 33.4 Å². The van der Waals surface area contributed by atoms with Gasteiger partial charge in [-0.25, -0.2) is 9.97 Å². The molecule has 5 rings (SSSR count). The third kappa shape index (κ3) is 2.95. The van der Waals surface area contributed by atoms with Crippen LogP contribution in [-0.2, 0) is 11.3 Å². The highest BCUT2D eigenvalue weighted by Gasteiger charge is 2.13. The second kappa shape index (κ2) is 6.74. The lowest BCUT2D eigenvalue weighted by Crippen LogP contribution is -2.04. The van der Waals surface area contributed by atoms with E-state index in [2.05, 4.69) is 35.8 Å². The number of rotatable bonds is 6. The number of hydrogen-bond donors (Lipinski definition) is 3. The number of anilines is 2. The van der Waals surface area contributed by atoms with Gasteiger partial charge >= 0.3 is 0 Å². The zero-order chi connectivity index (χ0) is 18.9. The van der Waals surface area contributed by atoms with E-state index < -0.39 is 0 Å². The lowest BCUT2D eigenvalue weighted by molar-refractivity contribution is 0.183. The summed E-state index contributed by atoms with van der Waals surface area (Å²) in [5, 5.41) is 22.8. The Hall–Kier alpha value is -3.79. The highest BCUT2D eigenvalue weighted by Crippen LogP contribution is 2.27. The first-order valence-electron chi connectivity index (χ1n) is 8.73. The number of hydrogen-bond acceptors (Lipinski definition) is 7. The molecule has 1 aromatic carbocycles. The summed E-state index contributed by atoms with van der Waals surface area (Å²) in [7, 11) is 1.67. The van der Waals surface area contributed by atoms with Crippen LogP contribution in [0.2, 0.25) is 0 Å². The second-order valence-electron chi connectivity index (χ2n) is 6.31. The van der Waals surface area contributed by atoms with Crippen molar-refractivity contribution < 1.29 is 4.74 Å². The van der Waals surface area contributed by atoms with Gasteiger partial charge in [0.05, 0.1) is 42.9 Å². The molecule has 0 saturated carbocycles. The number of fused-ring (bicyclic) bond motifs is 2. The molecule has 10 heteroatoms. The minimum absolute atomic E-state index is 0.597. The summed E-state index contributed by atoms with van der Waals surface area (Å²) in [5.41, 5.74) is 4.10. The molecular formula is C18H17N9O. The highest BCUT2D eigenvalue weighted by atomic mass is 16.5. The Kier molecular flexibility index (Phi) is 3.95. The van der Waals surface area contributed by atoms with Crippen molar-refractivity contribution in [2.45, 2.75) is 6.54 Å². The Balaban J connectivity index is 1.53. The molecule has 5 aromatic rings. The Morgan fingerprint density at radius 2 is 2.04 bits per heavy atom. The Morgan fingerprint density at radius 3 is 2.96 bits per heavy atom. The van der Waals surface area contributed by atoms with Crippen LogP contribution in [0.5, 0.6) is 0 Å². The van der Waals surface area contributed by atoms with Gasteiger partial charge in [-0.05, 0) is 6.07 Å². The number of nitrogens with one attached hydrogen (secondary N) is 3. The maximum atomic E-state index is 5.09. The van der Waals surface area contributed by atoms with Gasteiger partial charge in [-0.1, -0.05) is 12.1 Å². The first-order valence-corrected chi connectivity index (χ1v) is 8.73. The molecule has 0 saturated heterocycles. The fourth-order valence-corrected chi connectivity index (χ4v) is 3.01. The van der Waals surface area contributed by atoms with Crippen LogP contribution in [0.4, 0.5) is 11.5 Å². The molecule has 4 aromatic heterocycles. The van der Waals surface area contributed by atoms with Crippen LogP contribution in [0.1, 0.15) is 0 Å². The summed E-state index contributed by atoms with van der Waals surface area (Å²) in [5.74, 6) is 1.23. The van der Waals surface area contributed by atoms with Crippen molar-refractivity contribution in [1.82, 2.24) is 40.1 Å². The van der Waals surface area contributed by atoms with E-state index in [1.807, 2.05) is 29.1 Å². The van der Waals surface area contributed by atoms with Gasteiger partial charge in [0, 0.05) is 24.3 Å². The molecule has 0 aliphatic heterocycles. The summed E-state index contributed by atoms with van der Waals surface area (Å²) < 4.78 is 6.90. The fourth-order valence-electron chi connectivity index (χ4n) is 3.01. The van der Waals surface area contributed by atoms with E-state index in [9.17, 15) is 0 Å². The quantitative estimate of drug-likeness (QED) is 0.417. The molecule has 3 N–H and O–H groups in total. The smallest absolute Gasteiger partial charge is 0.162 e. The standard InChI is InChI=1S/C18H17N9O/c1-28-5-4-27-10-13(8-21-27)22-18-16-15(9-20-26-16)23-17(24-18)11-2-3-12-7-19-25-14(12)6-11/h2-3,6-10H,4-5H2,1H3,(H,19,25)(H,20,26)(H,22,23,24). The third-order valence-electron chi connectivity index (χ3n) is 4.42. The van der Waals surface area contributed by atoms with Crippen LogP contribution in [0.25, 0.3) is 33.3 Å². The van der Waals surface area contributed by atoms with E-state index in [1.165, 1.54) is 0 Å². The normalized spacial score (nSPS) is 11.5. The predicted octanol–water partition coefficient (Wildman–Crippen LogP) is 2.48. The summed E-state index contributed by atoms with van der Waals surface area (Å²) in [6, 6.07) is 5.95. The van der Waals surface area contributed by atoms with Gasteiger partial charge in [0.2, 0.25) is 0 Å². The monoisotopic (exact) mass is 375 g/mol. The minimum Gasteiger partial charge on any atom is -0.383 e. The minimum atomic E-state index is 0.597. The lowest BCUT2D eigenvalue weighted by Gasteiger charge is -2.07. The van der Waals surface area contributed by atoms with Crippen LogP contribution in [0.3, 0.4) is 0 Å². The van der Waals surface area contributed by atoms with E-state index >= 15 is 0 Å². The van der Waals surface area contributed by atoms with Crippen LogP contribution in [0.15, 0.2) is 43.0 Å². The Labute approximate surface area is 159 Å². The molecule has 0 atom stereocenters. The summed E-state index contributed by atoms with van der Waals surface area (Å²) in [6.07, 6.45) is 7.12. The van der Waals surface area contributed by atoms with Gasteiger partial charge in [0.15, 0.2) is 11.6 Å². The van der Waals surface area contributed by atoms with Crippen molar-refractivity contribution in [3.63, 3.8) is 0 Å². The molecule has 0 radical (unpaired) electrons. The molecular weight excluding hydrogens is 358 g/mol. The molecule has 0 bridgehead atoms. The van der Waals surface area contributed by atoms with Gasteiger partial charge in [-0.2, -0.15) is 15.3 Å². The zero-order valence-corrected chi connectivity index (χ0v) is 15.0. The van der Waals surface area contributed by atoms with E-state index in [4.69, 9.17) is 9.72 Å². The van der Waals surface area contributed by atoms with Gasteiger partial charge < -0.3 is 10.1 Å². The van der Waals surface area contributed by atoms with Crippen LogP contribution >= 0.6 is 0 Å². The van der Waals surface area contributed by atoms with Crippen molar-refractivity contribution in [1.29, 1.82) is 0 Å². The topological polar surface area (TPSA) is 122 Å². The number of benzene rings is 1. The fraction of sp³-hybridized carbons (Fsp3) is 0.167. The van der Waals surface area contributed by atoms with Crippen molar-refractivity contribution in [3.05, 3.63) is 43.0 Å². The Morgan fingerprint density at radius 1 is 1.11 bits per heavy atom. The molecule has 4 heterocycles. The second-order valence-corrected chi connectivity index (χ2v) is 6.31. The van der Waals surface area contributed by atoms with E-state index in [1.54, 1.807) is 25.7 Å². The first-order chi connectivity index (χ1) is 13.8. The molecule has 0 aliphatic carbocycles. The van der Waals surface area contributed by atoms with Crippen LogP contribution < -0.4 is 5.32 Å². The average Bonchev–Trinajstić information content (AvgIpc) is 3.45. The predicted molar refractivity (Wildman–Crippen MR) is 104 cm³/mol. The summed E-state index contributed by atoms with van der Waals surface area (Å²) >= 11 is 0. The number of aromatic amines is 2. The van der Waals surface area contributed by atoms with Crippen molar-refractivity contribution in [2.24, 2.45) is 0 Å². The largest absolute Gasteiger partial charge is 0.383 e. The summed E-state index contributed by atoms with van der Waals surface area (Å²) in [6.45, 7) is 1.27. The molecule has 0 amide bonds. The molecule has 0 unspecified atom stereocenters. The lowest BCUT2D eigenvalue weighted by atomic mass is 10.1. The first kappa shape index (κ1) is 16.4. The van der Waals surface area contributed by atoms with Crippen LogP contribution in [-0.4, -0.2) is 53.9 Å². The molecule has 0 aliphatic rings. The maximum absolute atomic E-state index is 5.09. The van der Waals surface area contributed by atoms with Gasteiger partial charge in [0.1, 0.15) is 11.0 Å². The van der Waals surface area contributed by atoms with E-state index in [0.717, 1.165) is 33.2 Å². The van der Waals surface area contributed by atoms with E-state index in [0.29, 0.717) is 24.8 Å². The number of ether oxygens (including phenoxy) is 1. The summed E-state index contributed by atoms with van der Waals surface area (Å²) in [4.78, 5) is 9.34. The Bertz CT molecular complexity index is 1250. The van der Waals surface area contributed by atoms with Crippen molar-refractivity contribution in [2.75, 3.05) is 19.0 Å². The average molecular weight is 375 g/mol.